The van der Waals surface area contributed by atoms with Crippen LogP contribution in [0.3, 0.4) is 0 Å². The van der Waals surface area contributed by atoms with Gasteiger partial charge in [-0.1, -0.05) is 35.2 Å². The van der Waals surface area contributed by atoms with E-state index in [2.05, 4.69) is 15.9 Å². The van der Waals surface area contributed by atoms with Gasteiger partial charge >= 0.3 is 6.18 Å². The molecule has 1 aromatic carbocycles. The lowest BCUT2D eigenvalue weighted by molar-refractivity contribution is -0.137. The smallest absolute Gasteiger partial charge is 0.391 e. The Hall–Kier alpha value is -0.300. The summed E-state index contributed by atoms with van der Waals surface area (Å²) >= 11 is 3.08. The maximum absolute atomic E-state index is 12.8. The summed E-state index contributed by atoms with van der Waals surface area (Å²) < 4.78 is 38.8. The summed E-state index contributed by atoms with van der Waals surface area (Å²) in [6, 6.07) is 2.79. The van der Waals surface area contributed by atoms with Gasteiger partial charge in [0.05, 0.1) is 17.7 Å². The molecule has 2 atom stereocenters. The highest BCUT2D eigenvalue weighted by atomic mass is 79.9. The number of halogens is 5. The van der Waals surface area contributed by atoms with Gasteiger partial charge in [-0.2, -0.15) is 13.2 Å². The van der Waals surface area contributed by atoms with Crippen LogP contribution >= 0.6 is 28.3 Å². The summed E-state index contributed by atoms with van der Waals surface area (Å²) in [5.41, 5.74) is 5.58. The van der Waals surface area contributed by atoms with Gasteiger partial charge in [0.1, 0.15) is 0 Å². The van der Waals surface area contributed by atoms with Crippen LogP contribution in [0.5, 0.6) is 0 Å². The standard InChI is InChI=1S/C15H19BrF3NO.ClH/c16-12-7-10(6-11(8-12)15(17,18)19)13(20)14(21)9-4-2-1-3-5-9;/h6-9,13-14,21H,1-5,20H2;1H/t13-,14+;/m0./s1. The zero-order valence-electron chi connectivity index (χ0n) is 11.9. The molecule has 0 aliphatic heterocycles. The van der Waals surface area contributed by atoms with E-state index in [4.69, 9.17) is 5.73 Å². The topological polar surface area (TPSA) is 46.2 Å². The molecule has 2 rings (SSSR count). The Morgan fingerprint density at radius 1 is 1.14 bits per heavy atom. The molecular formula is C15H20BrClF3NO. The van der Waals surface area contributed by atoms with Crippen LogP contribution in [-0.4, -0.2) is 11.2 Å². The van der Waals surface area contributed by atoms with Crippen LogP contribution in [-0.2, 0) is 6.18 Å². The molecule has 3 N–H and O–H groups in total. The first kappa shape index (κ1) is 19.7. The predicted octanol–water partition coefficient (Wildman–Crippen LogP) is 4.83. The zero-order chi connectivity index (χ0) is 15.6. The molecule has 0 unspecified atom stereocenters. The lowest BCUT2D eigenvalue weighted by atomic mass is 9.81. The van der Waals surface area contributed by atoms with Gasteiger partial charge in [-0.15, -0.1) is 12.4 Å². The van der Waals surface area contributed by atoms with Crippen molar-refractivity contribution in [3.63, 3.8) is 0 Å². The third kappa shape index (κ3) is 4.85. The van der Waals surface area contributed by atoms with Gasteiger partial charge in [-0.25, -0.2) is 0 Å². The monoisotopic (exact) mass is 401 g/mol. The second kappa shape index (κ2) is 7.99. The zero-order valence-corrected chi connectivity index (χ0v) is 14.3. The molecule has 0 heterocycles. The third-order valence-corrected chi connectivity index (χ3v) is 4.59. The van der Waals surface area contributed by atoms with E-state index >= 15 is 0 Å². The fraction of sp³-hybridized carbons (Fsp3) is 0.600. The molecular weight excluding hydrogens is 383 g/mol. The van der Waals surface area contributed by atoms with Crippen molar-refractivity contribution < 1.29 is 18.3 Å². The summed E-state index contributed by atoms with van der Waals surface area (Å²) in [7, 11) is 0. The average molecular weight is 403 g/mol. The number of rotatable bonds is 3. The Balaban J connectivity index is 0.00000242. The highest BCUT2D eigenvalue weighted by Gasteiger charge is 2.33. The van der Waals surface area contributed by atoms with Crippen molar-refractivity contribution in [3.05, 3.63) is 33.8 Å². The normalized spacial score (nSPS) is 19.4. The van der Waals surface area contributed by atoms with Gasteiger partial charge in [-0.05, 0) is 42.5 Å². The van der Waals surface area contributed by atoms with Crippen molar-refractivity contribution in [1.82, 2.24) is 0 Å². The van der Waals surface area contributed by atoms with Crippen LogP contribution in [0.15, 0.2) is 22.7 Å². The van der Waals surface area contributed by atoms with E-state index in [0.29, 0.717) is 10.0 Å². The van der Waals surface area contributed by atoms with Crippen molar-refractivity contribution in [2.45, 2.75) is 50.4 Å². The maximum atomic E-state index is 12.8. The second-order valence-corrected chi connectivity index (χ2v) is 6.60. The molecule has 1 aliphatic carbocycles. The second-order valence-electron chi connectivity index (χ2n) is 5.69. The first-order valence-electron chi connectivity index (χ1n) is 7.10. The maximum Gasteiger partial charge on any atom is 0.416 e. The lowest BCUT2D eigenvalue weighted by Gasteiger charge is -2.31. The fourth-order valence-electron chi connectivity index (χ4n) is 2.93. The Morgan fingerprint density at radius 2 is 1.73 bits per heavy atom. The summed E-state index contributed by atoms with van der Waals surface area (Å²) in [4.78, 5) is 0. The molecule has 7 heteroatoms. The van der Waals surface area contributed by atoms with Crippen molar-refractivity contribution >= 4 is 28.3 Å². The highest BCUT2D eigenvalue weighted by molar-refractivity contribution is 9.10. The minimum Gasteiger partial charge on any atom is -0.391 e. The number of benzene rings is 1. The van der Waals surface area contributed by atoms with Crippen LogP contribution in [0.25, 0.3) is 0 Å². The molecule has 0 amide bonds. The first-order chi connectivity index (χ1) is 9.79. The molecule has 0 radical (unpaired) electrons. The molecule has 1 aromatic rings. The Kier molecular flexibility index (Phi) is 7.18. The average Bonchev–Trinajstić information content (AvgIpc) is 2.45. The van der Waals surface area contributed by atoms with E-state index in [1.54, 1.807) is 6.07 Å². The molecule has 0 aromatic heterocycles. The van der Waals surface area contributed by atoms with E-state index < -0.39 is 23.9 Å². The Bertz CT molecular complexity index is 492. The number of hydrogen-bond donors (Lipinski definition) is 2. The largest absolute Gasteiger partial charge is 0.416 e. The van der Waals surface area contributed by atoms with Gasteiger partial charge in [0.2, 0.25) is 0 Å². The van der Waals surface area contributed by atoms with Crippen LogP contribution in [0.2, 0.25) is 0 Å². The van der Waals surface area contributed by atoms with E-state index in [0.717, 1.165) is 44.2 Å². The third-order valence-electron chi connectivity index (χ3n) is 4.13. The van der Waals surface area contributed by atoms with Crippen molar-refractivity contribution in [3.8, 4) is 0 Å². The molecule has 1 aliphatic rings. The Morgan fingerprint density at radius 3 is 2.27 bits per heavy atom. The van der Waals surface area contributed by atoms with Crippen molar-refractivity contribution in [2.75, 3.05) is 0 Å². The number of nitrogens with two attached hydrogens (primary N) is 1. The predicted molar refractivity (Wildman–Crippen MR) is 85.9 cm³/mol. The number of alkyl halides is 3. The van der Waals surface area contributed by atoms with Crippen LogP contribution in [0.1, 0.15) is 49.3 Å². The van der Waals surface area contributed by atoms with Crippen LogP contribution in [0.4, 0.5) is 13.2 Å². The first-order valence-corrected chi connectivity index (χ1v) is 7.89. The molecule has 22 heavy (non-hydrogen) atoms. The van der Waals surface area contributed by atoms with Crippen molar-refractivity contribution in [1.29, 1.82) is 0 Å². The number of aliphatic hydroxyl groups excluding tert-OH is 1. The summed E-state index contributed by atoms with van der Waals surface area (Å²) in [5.74, 6) is 0.0714. The van der Waals surface area contributed by atoms with Gasteiger partial charge in [-0.3, -0.25) is 0 Å². The number of hydrogen-bond acceptors (Lipinski definition) is 2. The molecule has 0 spiro atoms. The molecule has 0 saturated heterocycles. The Labute approximate surface area is 142 Å². The van der Waals surface area contributed by atoms with Gasteiger partial charge in [0.25, 0.3) is 0 Å². The van der Waals surface area contributed by atoms with E-state index in [1.807, 2.05) is 0 Å². The highest BCUT2D eigenvalue weighted by Crippen LogP contribution is 2.36. The molecule has 1 fully saturated rings. The minimum atomic E-state index is -4.42. The minimum absolute atomic E-state index is 0. The van der Waals surface area contributed by atoms with Gasteiger partial charge in [0.15, 0.2) is 0 Å². The summed E-state index contributed by atoms with van der Waals surface area (Å²) in [6.45, 7) is 0. The molecule has 1 saturated carbocycles. The van der Waals surface area contributed by atoms with Gasteiger partial charge < -0.3 is 10.8 Å². The van der Waals surface area contributed by atoms with Gasteiger partial charge in [0, 0.05) is 4.47 Å². The van der Waals surface area contributed by atoms with E-state index in [9.17, 15) is 18.3 Å². The summed E-state index contributed by atoms with van der Waals surface area (Å²) in [6.07, 6.45) is -0.228. The fourth-order valence-corrected chi connectivity index (χ4v) is 3.45. The van der Waals surface area contributed by atoms with E-state index in [1.165, 1.54) is 0 Å². The molecule has 2 nitrogen and oxygen atoms in total. The van der Waals surface area contributed by atoms with Crippen molar-refractivity contribution in [2.24, 2.45) is 11.7 Å². The van der Waals surface area contributed by atoms with E-state index in [-0.39, 0.29) is 18.3 Å². The summed E-state index contributed by atoms with van der Waals surface area (Å²) in [5, 5.41) is 10.4. The number of aliphatic hydroxyl groups is 1. The SMILES string of the molecule is Cl.N[C@@H](c1cc(Br)cc(C(F)(F)F)c1)[C@H](O)C1CCCCC1. The van der Waals surface area contributed by atoms with Crippen LogP contribution < -0.4 is 5.73 Å². The molecule has 0 bridgehead atoms. The lowest BCUT2D eigenvalue weighted by Crippen LogP contribution is -2.34. The molecule has 126 valence electrons. The van der Waals surface area contributed by atoms with Crippen LogP contribution in [0, 0.1) is 5.92 Å². The quantitative estimate of drug-likeness (QED) is 0.760.